The van der Waals surface area contributed by atoms with Crippen molar-refractivity contribution in [3.05, 3.63) is 36.5 Å². The van der Waals surface area contributed by atoms with Crippen LogP contribution in [0.1, 0.15) is 206 Å². The molecule has 0 amide bonds. The lowest BCUT2D eigenvalue weighted by atomic mass is 9.85. The second-order valence-electron chi connectivity index (χ2n) is 17.3. The van der Waals surface area contributed by atoms with Crippen LogP contribution in [0.2, 0.25) is 0 Å². The number of carbonyl (C=O) groups excluding carboxylic acids is 2. The van der Waals surface area contributed by atoms with E-state index in [1.807, 2.05) is 0 Å². The van der Waals surface area contributed by atoms with Gasteiger partial charge in [0.15, 0.2) is 6.10 Å². The van der Waals surface area contributed by atoms with Crippen molar-refractivity contribution >= 4 is 19.8 Å². The standard InChI is InChI=1S/C49H89O13P/c1-3-5-7-9-11-13-15-17-19-20-21-22-24-26-28-30-32-34-36-38-43(51)61-41(40-60-63(57,58)62-49-47(55)45(53)44(52)46(54)48(49)56)39-59-42(50)37-35-33-31-29-27-25-23-18-16-14-12-10-8-6-4-2/h10-13,17,19,41,44-49,52-56H,3-9,14-16,18,20-40H2,1-2H3,(H,57,58)/b12-10+,13-11+,19-17+/t41-,44?,45-,46?,47?,48?,49?/m1/s1. The van der Waals surface area contributed by atoms with Crippen molar-refractivity contribution in [3.8, 4) is 0 Å². The van der Waals surface area contributed by atoms with Gasteiger partial charge in [-0.15, -0.1) is 0 Å². The second kappa shape index (κ2) is 39.3. The smallest absolute Gasteiger partial charge is 0.462 e. The molecule has 8 atom stereocenters. The predicted molar refractivity (Wildman–Crippen MR) is 249 cm³/mol. The Balaban J connectivity index is 2.42. The van der Waals surface area contributed by atoms with Crippen molar-refractivity contribution in [2.45, 2.75) is 249 Å². The van der Waals surface area contributed by atoms with Crippen LogP contribution in [0.3, 0.4) is 0 Å². The minimum absolute atomic E-state index is 0.0922. The number of unbranched alkanes of at least 4 members (excludes halogenated alkanes) is 23. The molecule has 14 heteroatoms. The molecule has 6 unspecified atom stereocenters. The van der Waals surface area contributed by atoms with Crippen molar-refractivity contribution in [1.82, 2.24) is 0 Å². The van der Waals surface area contributed by atoms with E-state index in [2.05, 4.69) is 50.3 Å². The molecule has 6 N–H and O–H groups in total. The Hall–Kier alpha value is -1.93. The summed E-state index contributed by atoms with van der Waals surface area (Å²) in [5.74, 6) is -1.10. The third kappa shape index (κ3) is 31.6. The summed E-state index contributed by atoms with van der Waals surface area (Å²) in [4.78, 5) is 35.8. The predicted octanol–water partition coefficient (Wildman–Crippen LogP) is 10.2. The Labute approximate surface area is 380 Å². The minimum Gasteiger partial charge on any atom is -0.462 e. The van der Waals surface area contributed by atoms with Gasteiger partial charge in [-0.3, -0.25) is 18.6 Å². The highest BCUT2D eigenvalue weighted by molar-refractivity contribution is 7.47. The third-order valence-corrected chi connectivity index (χ3v) is 12.4. The molecule has 1 rings (SSSR count). The molecule has 0 spiro atoms. The largest absolute Gasteiger partial charge is 0.472 e. The van der Waals surface area contributed by atoms with E-state index in [0.717, 1.165) is 64.2 Å². The van der Waals surface area contributed by atoms with Crippen LogP contribution in [0.25, 0.3) is 0 Å². The van der Waals surface area contributed by atoms with Gasteiger partial charge in [0, 0.05) is 12.8 Å². The molecule has 0 heterocycles. The van der Waals surface area contributed by atoms with Crippen LogP contribution in [-0.2, 0) is 32.7 Å². The molecule has 1 aliphatic rings. The van der Waals surface area contributed by atoms with Crippen LogP contribution in [0, 0.1) is 0 Å². The number of aliphatic hydroxyl groups excluding tert-OH is 5. The molecular formula is C49H89O13P. The van der Waals surface area contributed by atoms with Crippen LogP contribution in [0.5, 0.6) is 0 Å². The van der Waals surface area contributed by atoms with Crippen LogP contribution in [0.4, 0.5) is 0 Å². The van der Waals surface area contributed by atoms with E-state index in [9.17, 15) is 44.6 Å². The van der Waals surface area contributed by atoms with Crippen LogP contribution in [-0.4, -0.2) is 98.3 Å². The zero-order valence-corrected chi connectivity index (χ0v) is 40.0. The summed E-state index contributed by atoms with van der Waals surface area (Å²) in [6.07, 6.45) is 31.9. The van der Waals surface area contributed by atoms with Gasteiger partial charge in [-0.05, 0) is 64.2 Å². The van der Waals surface area contributed by atoms with Gasteiger partial charge in [-0.2, -0.15) is 0 Å². The molecule has 0 aromatic heterocycles. The van der Waals surface area contributed by atoms with Crippen LogP contribution in [0.15, 0.2) is 36.5 Å². The maximum absolute atomic E-state index is 12.8. The third-order valence-electron chi connectivity index (χ3n) is 11.5. The molecule has 0 radical (unpaired) electrons. The topological polar surface area (TPSA) is 210 Å². The fourth-order valence-corrected chi connectivity index (χ4v) is 8.39. The molecule has 0 aromatic rings. The lowest BCUT2D eigenvalue weighted by Gasteiger charge is -2.41. The number of carbonyl (C=O) groups is 2. The van der Waals surface area contributed by atoms with Crippen molar-refractivity contribution in [3.63, 3.8) is 0 Å². The van der Waals surface area contributed by atoms with E-state index >= 15 is 0 Å². The molecule has 0 aliphatic heterocycles. The summed E-state index contributed by atoms with van der Waals surface area (Å²) in [6.45, 7) is 3.26. The Kier molecular flexibility index (Phi) is 36.8. The Morgan fingerprint density at radius 2 is 0.873 bits per heavy atom. The van der Waals surface area contributed by atoms with E-state index in [1.165, 1.54) is 103 Å². The summed E-state index contributed by atoms with van der Waals surface area (Å²) >= 11 is 0. The van der Waals surface area contributed by atoms with E-state index in [4.69, 9.17) is 18.5 Å². The number of phosphoric ester groups is 1. The molecule has 0 aromatic carbocycles. The van der Waals surface area contributed by atoms with Gasteiger partial charge in [-0.25, -0.2) is 4.57 Å². The summed E-state index contributed by atoms with van der Waals surface area (Å²) in [5, 5.41) is 50.2. The zero-order valence-electron chi connectivity index (χ0n) is 39.1. The quantitative estimate of drug-likeness (QED) is 0.0146. The monoisotopic (exact) mass is 917 g/mol. The maximum Gasteiger partial charge on any atom is 0.472 e. The lowest BCUT2D eigenvalue weighted by molar-refractivity contribution is -0.220. The highest BCUT2D eigenvalue weighted by Crippen LogP contribution is 2.47. The fraction of sp³-hybridized carbons (Fsp3) is 0.837. The minimum atomic E-state index is -5.12. The second-order valence-corrected chi connectivity index (χ2v) is 18.7. The van der Waals surface area contributed by atoms with Gasteiger partial charge >= 0.3 is 19.8 Å². The van der Waals surface area contributed by atoms with E-state index in [1.54, 1.807) is 0 Å². The van der Waals surface area contributed by atoms with Gasteiger partial charge in [0.1, 0.15) is 43.2 Å². The Morgan fingerprint density at radius 1 is 0.492 bits per heavy atom. The zero-order chi connectivity index (χ0) is 46.4. The molecule has 0 saturated heterocycles. The van der Waals surface area contributed by atoms with Crippen molar-refractivity contribution in [2.24, 2.45) is 0 Å². The molecule has 1 saturated carbocycles. The molecular weight excluding hydrogens is 827 g/mol. The van der Waals surface area contributed by atoms with Crippen molar-refractivity contribution in [1.29, 1.82) is 0 Å². The number of hydrogen-bond acceptors (Lipinski definition) is 12. The SMILES string of the molecule is CCCC/C=C/CCCCCCCCCCCC(=O)OC[C@H](COP(=O)(O)OC1C(O)C(O)C(O)[C@@H](O)C1O)OC(=O)CCCCCCCCCCC/C=C/C/C=C/CCCCC. The average molecular weight is 917 g/mol. The van der Waals surface area contributed by atoms with Gasteiger partial charge in [0.25, 0.3) is 0 Å². The molecule has 368 valence electrons. The van der Waals surface area contributed by atoms with Gasteiger partial charge in [0.05, 0.1) is 6.61 Å². The summed E-state index contributed by atoms with van der Waals surface area (Å²) < 4.78 is 33.6. The van der Waals surface area contributed by atoms with E-state index < -0.39 is 75.7 Å². The van der Waals surface area contributed by atoms with Gasteiger partial charge in [0.2, 0.25) is 0 Å². The first-order chi connectivity index (χ1) is 30.4. The molecule has 1 aliphatic carbocycles. The Morgan fingerprint density at radius 3 is 1.35 bits per heavy atom. The number of ether oxygens (including phenoxy) is 2. The number of aliphatic hydroxyl groups is 5. The number of phosphoric acid groups is 1. The number of rotatable bonds is 41. The lowest BCUT2D eigenvalue weighted by Crippen LogP contribution is -2.64. The molecule has 13 nitrogen and oxygen atoms in total. The van der Waals surface area contributed by atoms with Crippen LogP contribution >= 0.6 is 7.82 Å². The fourth-order valence-electron chi connectivity index (χ4n) is 7.42. The van der Waals surface area contributed by atoms with E-state index in [0.29, 0.717) is 12.8 Å². The molecule has 63 heavy (non-hydrogen) atoms. The Bertz CT molecular complexity index is 1240. The van der Waals surface area contributed by atoms with Gasteiger partial charge < -0.3 is 39.9 Å². The summed E-state index contributed by atoms with van der Waals surface area (Å²) in [6, 6.07) is 0. The molecule has 0 bridgehead atoms. The number of esters is 2. The van der Waals surface area contributed by atoms with Crippen molar-refractivity contribution < 1.29 is 63.1 Å². The first-order valence-electron chi connectivity index (χ1n) is 24.8. The number of hydrogen-bond donors (Lipinski definition) is 6. The molecule has 1 fully saturated rings. The maximum atomic E-state index is 12.8. The summed E-state index contributed by atoms with van der Waals surface area (Å²) in [5.41, 5.74) is 0. The highest BCUT2D eigenvalue weighted by atomic mass is 31.2. The first kappa shape index (κ1) is 59.1. The van der Waals surface area contributed by atoms with Gasteiger partial charge in [-0.1, -0.05) is 166 Å². The van der Waals surface area contributed by atoms with E-state index in [-0.39, 0.29) is 12.8 Å². The number of allylic oxidation sites excluding steroid dienone is 6. The van der Waals surface area contributed by atoms with Crippen molar-refractivity contribution in [2.75, 3.05) is 13.2 Å². The average Bonchev–Trinajstić information content (AvgIpc) is 3.26. The van der Waals surface area contributed by atoms with Crippen LogP contribution < -0.4 is 0 Å². The normalized spacial score (nSPS) is 22.0. The first-order valence-corrected chi connectivity index (χ1v) is 26.3. The highest BCUT2D eigenvalue weighted by Gasteiger charge is 2.51. The summed E-state index contributed by atoms with van der Waals surface area (Å²) in [7, 11) is -5.12.